The smallest absolute Gasteiger partial charge is 0.137 e. The van der Waals surface area contributed by atoms with Gasteiger partial charge in [-0.2, -0.15) is 0 Å². The van der Waals surface area contributed by atoms with Crippen LogP contribution < -0.4 is 5.73 Å². The predicted molar refractivity (Wildman–Crippen MR) is 68.3 cm³/mol. The molecule has 0 unspecified atom stereocenters. The lowest BCUT2D eigenvalue weighted by atomic mass is 10.1. The van der Waals surface area contributed by atoms with Gasteiger partial charge in [0.05, 0.1) is 0 Å². The zero-order valence-electron chi connectivity index (χ0n) is 9.79. The van der Waals surface area contributed by atoms with Crippen molar-refractivity contribution in [2.45, 2.75) is 20.3 Å². The van der Waals surface area contributed by atoms with Crippen LogP contribution in [0.15, 0.2) is 34.8 Å². The standard InChI is InChI=1S/C14H17NO/c1-10(6-4-8-15)13-9-12-7-3-5-11(2)14(12)16-13/h3,5-7,9H,4,8,15H2,1-2H3/b10-6-. The highest BCUT2D eigenvalue weighted by Crippen LogP contribution is 2.26. The van der Waals surface area contributed by atoms with Crippen molar-refractivity contribution in [3.63, 3.8) is 0 Å². The van der Waals surface area contributed by atoms with E-state index < -0.39 is 0 Å². The summed E-state index contributed by atoms with van der Waals surface area (Å²) in [6.45, 7) is 4.80. The SMILES string of the molecule is C/C(=C/CCN)c1cc2cccc(C)c2o1. The summed E-state index contributed by atoms with van der Waals surface area (Å²) in [4.78, 5) is 0. The minimum Gasteiger partial charge on any atom is -0.456 e. The maximum absolute atomic E-state index is 5.85. The summed E-state index contributed by atoms with van der Waals surface area (Å²) in [6.07, 6.45) is 3.01. The molecule has 0 saturated heterocycles. The number of aryl methyl sites for hydroxylation is 1. The van der Waals surface area contributed by atoms with Crippen LogP contribution in [0.3, 0.4) is 0 Å². The molecule has 2 aromatic rings. The van der Waals surface area contributed by atoms with Gasteiger partial charge >= 0.3 is 0 Å². The number of benzene rings is 1. The lowest BCUT2D eigenvalue weighted by Crippen LogP contribution is -1.95. The molecule has 0 bridgehead atoms. The highest BCUT2D eigenvalue weighted by atomic mass is 16.3. The zero-order chi connectivity index (χ0) is 11.5. The molecule has 2 heteroatoms. The molecule has 0 saturated carbocycles. The second-order valence-corrected chi connectivity index (χ2v) is 4.07. The summed E-state index contributed by atoms with van der Waals surface area (Å²) in [6, 6.07) is 8.28. The molecular formula is C14H17NO. The molecule has 0 amide bonds. The molecule has 0 fully saturated rings. The largest absolute Gasteiger partial charge is 0.456 e. The van der Waals surface area contributed by atoms with E-state index in [1.165, 1.54) is 5.56 Å². The van der Waals surface area contributed by atoms with E-state index in [0.29, 0.717) is 6.54 Å². The maximum atomic E-state index is 5.85. The van der Waals surface area contributed by atoms with Crippen molar-refractivity contribution in [2.75, 3.05) is 6.54 Å². The van der Waals surface area contributed by atoms with Gasteiger partial charge < -0.3 is 10.2 Å². The van der Waals surface area contributed by atoms with Gasteiger partial charge in [-0.05, 0) is 44.0 Å². The predicted octanol–water partition coefficient (Wildman–Crippen LogP) is 3.49. The average Bonchev–Trinajstić information content (AvgIpc) is 2.71. The van der Waals surface area contributed by atoms with Gasteiger partial charge in [0.1, 0.15) is 11.3 Å². The van der Waals surface area contributed by atoms with Crippen LogP contribution in [0.4, 0.5) is 0 Å². The Kier molecular flexibility index (Phi) is 3.11. The van der Waals surface area contributed by atoms with Gasteiger partial charge in [-0.1, -0.05) is 24.3 Å². The number of rotatable bonds is 3. The number of fused-ring (bicyclic) bond motifs is 1. The van der Waals surface area contributed by atoms with Crippen LogP contribution in [0.25, 0.3) is 16.5 Å². The lowest BCUT2D eigenvalue weighted by molar-refractivity contribution is 0.596. The van der Waals surface area contributed by atoms with Gasteiger partial charge in [0.2, 0.25) is 0 Å². The van der Waals surface area contributed by atoms with E-state index in [2.05, 4.69) is 44.2 Å². The quantitative estimate of drug-likeness (QED) is 0.851. The summed E-state index contributed by atoms with van der Waals surface area (Å²) in [5.41, 5.74) is 8.79. The van der Waals surface area contributed by atoms with Gasteiger partial charge in [0, 0.05) is 5.39 Å². The zero-order valence-corrected chi connectivity index (χ0v) is 9.79. The monoisotopic (exact) mass is 215 g/mol. The molecule has 0 aliphatic carbocycles. The molecule has 0 spiro atoms. The van der Waals surface area contributed by atoms with Crippen molar-refractivity contribution >= 4 is 16.5 Å². The Morgan fingerprint density at radius 3 is 2.94 bits per heavy atom. The number of allylic oxidation sites excluding steroid dienone is 1. The van der Waals surface area contributed by atoms with Gasteiger partial charge in [-0.25, -0.2) is 0 Å². The summed E-state index contributed by atoms with van der Waals surface area (Å²) >= 11 is 0. The Labute approximate surface area is 95.7 Å². The highest BCUT2D eigenvalue weighted by molar-refractivity contribution is 5.84. The number of furan rings is 1. The van der Waals surface area contributed by atoms with Crippen LogP contribution in [0.5, 0.6) is 0 Å². The van der Waals surface area contributed by atoms with Crippen molar-refractivity contribution in [3.05, 3.63) is 41.7 Å². The second-order valence-electron chi connectivity index (χ2n) is 4.07. The van der Waals surface area contributed by atoms with Gasteiger partial charge in [-0.15, -0.1) is 0 Å². The van der Waals surface area contributed by atoms with Gasteiger partial charge in [0.15, 0.2) is 0 Å². The van der Waals surface area contributed by atoms with E-state index >= 15 is 0 Å². The van der Waals surface area contributed by atoms with Crippen molar-refractivity contribution in [1.82, 2.24) is 0 Å². The fourth-order valence-electron chi connectivity index (χ4n) is 1.80. The van der Waals surface area contributed by atoms with Crippen LogP contribution in [-0.2, 0) is 0 Å². The average molecular weight is 215 g/mol. The molecule has 1 aromatic heterocycles. The first kappa shape index (κ1) is 11.0. The third kappa shape index (κ3) is 2.02. The first-order valence-corrected chi connectivity index (χ1v) is 5.58. The van der Waals surface area contributed by atoms with Gasteiger partial charge in [-0.3, -0.25) is 0 Å². The van der Waals surface area contributed by atoms with Crippen LogP contribution >= 0.6 is 0 Å². The maximum Gasteiger partial charge on any atom is 0.137 e. The summed E-state index contributed by atoms with van der Waals surface area (Å²) < 4.78 is 5.85. The van der Waals surface area contributed by atoms with Crippen LogP contribution in [0, 0.1) is 6.92 Å². The second kappa shape index (κ2) is 4.54. The minimum absolute atomic E-state index is 0.677. The number of para-hydroxylation sites is 1. The van der Waals surface area contributed by atoms with Crippen molar-refractivity contribution in [2.24, 2.45) is 5.73 Å². The summed E-state index contributed by atoms with van der Waals surface area (Å²) in [5.74, 6) is 0.942. The Bertz CT molecular complexity index is 523. The summed E-state index contributed by atoms with van der Waals surface area (Å²) in [7, 11) is 0. The number of hydrogen-bond acceptors (Lipinski definition) is 2. The molecular weight excluding hydrogens is 198 g/mol. The molecule has 16 heavy (non-hydrogen) atoms. The van der Waals surface area contributed by atoms with E-state index in [1.54, 1.807) is 0 Å². The molecule has 0 aliphatic heterocycles. The molecule has 84 valence electrons. The van der Waals surface area contributed by atoms with Crippen LogP contribution in [0.2, 0.25) is 0 Å². The third-order valence-corrected chi connectivity index (χ3v) is 2.75. The Morgan fingerprint density at radius 2 is 2.25 bits per heavy atom. The Hall–Kier alpha value is -1.54. The molecule has 0 atom stereocenters. The van der Waals surface area contributed by atoms with E-state index in [9.17, 15) is 0 Å². The first-order valence-electron chi connectivity index (χ1n) is 5.58. The summed E-state index contributed by atoms with van der Waals surface area (Å²) in [5, 5.41) is 1.16. The van der Waals surface area contributed by atoms with E-state index in [4.69, 9.17) is 10.2 Å². The van der Waals surface area contributed by atoms with Crippen molar-refractivity contribution in [1.29, 1.82) is 0 Å². The Morgan fingerprint density at radius 1 is 1.44 bits per heavy atom. The van der Waals surface area contributed by atoms with Gasteiger partial charge in [0.25, 0.3) is 0 Å². The third-order valence-electron chi connectivity index (χ3n) is 2.75. The number of hydrogen-bond donors (Lipinski definition) is 1. The van der Waals surface area contributed by atoms with Crippen LogP contribution in [-0.4, -0.2) is 6.54 Å². The normalized spacial score (nSPS) is 12.3. The number of nitrogens with two attached hydrogens (primary N) is 1. The molecule has 2 N–H and O–H groups in total. The fraction of sp³-hybridized carbons (Fsp3) is 0.286. The molecule has 2 rings (SSSR count). The lowest BCUT2D eigenvalue weighted by Gasteiger charge is -1.95. The highest BCUT2D eigenvalue weighted by Gasteiger charge is 2.06. The van der Waals surface area contributed by atoms with Crippen molar-refractivity contribution in [3.8, 4) is 0 Å². The molecule has 0 aliphatic rings. The van der Waals surface area contributed by atoms with E-state index in [0.717, 1.165) is 28.7 Å². The molecule has 2 nitrogen and oxygen atoms in total. The van der Waals surface area contributed by atoms with Crippen LogP contribution in [0.1, 0.15) is 24.7 Å². The topological polar surface area (TPSA) is 39.2 Å². The minimum atomic E-state index is 0.677. The fourth-order valence-corrected chi connectivity index (χ4v) is 1.80. The van der Waals surface area contributed by atoms with Crippen molar-refractivity contribution < 1.29 is 4.42 Å². The molecule has 1 aromatic carbocycles. The molecule has 0 radical (unpaired) electrons. The van der Waals surface area contributed by atoms with E-state index in [1.807, 2.05) is 0 Å². The van der Waals surface area contributed by atoms with E-state index in [-0.39, 0.29) is 0 Å². The molecule has 1 heterocycles. The first-order chi connectivity index (χ1) is 7.72. The Balaban J connectivity index is 2.43.